The van der Waals surface area contributed by atoms with Crippen molar-refractivity contribution in [3.63, 3.8) is 0 Å². The summed E-state index contributed by atoms with van der Waals surface area (Å²) in [6.07, 6.45) is 12.9. The molecule has 0 aliphatic heterocycles. The molecule has 1 aliphatic carbocycles. The van der Waals surface area contributed by atoms with Gasteiger partial charge >= 0.3 is 31.4 Å². The topological polar surface area (TPSA) is 328 Å². The van der Waals surface area contributed by atoms with E-state index >= 15 is 0 Å². The first kappa shape index (κ1) is 123. The smallest absolute Gasteiger partial charge is 0.309 e. The van der Waals surface area contributed by atoms with E-state index in [1.165, 1.54) is 55.6 Å². The number of aliphatic hydroxyl groups is 1. The van der Waals surface area contributed by atoms with Gasteiger partial charge in [0.1, 0.15) is 79.9 Å². The summed E-state index contributed by atoms with van der Waals surface area (Å²) in [5, 5.41) is 72.2. The zero-order chi connectivity index (χ0) is 111. The van der Waals surface area contributed by atoms with Crippen molar-refractivity contribution < 1.29 is 98.3 Å². The number of hydrogen-bond donors (Lipinski definition) is 7. The van der Waals surface area contributed by atoms with Gasteiger partial charge in [-0.05, 0) is 415 Å². The number of aryl methyl sites for hydroxylation is 21. The number of aliphatic hydroxyl groups excluding tert-OH is 1. The molecule has 150 heavy (non-hydrogen) atoms. The molecule has 12 aromatic rings. The van der Waals surface area contributed by atoms with Crippen molar-refractivity contribution in [1.29, 1.82) is 0 Å². The molecule has 1 saturated carbocycles. The molecular weight excluding hydrogens is 2010 g/mol. The second-order valence-electron chi connectivity index (χ2n) is 36.4. The van der Waals surface area contributed by atoms with Crippen LogP contribution in [0.15, 0.2) is 182 Å². The molecule has 1 aliphatic rings. The normalized spacial score (nSPS) is 11.1. The van der Waals surface area contributed by atoms with E-state index in [0.29, 0.717) is 108 Å². The molecule has 0 heterocycles. The Labute approximate surface area is 909 Å². The summed E-state index contributed by atoms with van der Waals surface area (Å²) < 4.78 is 41.8. The average molecular weight is 2160 g/mol. The first-order valence-corrected chi connectivity index (χ1v) is 56.1. The summed E-state index contributed by atoms with van der Waals surface area (Å²) in [6, 6.07) is 57.1. The van der Waals surface area contributed by atoms with Crippen LogP contribution in [-0.2, 0) is 52.7 Å². The van der Waals surface area contributed by atoms with E-state index in [1.807, 2.05) is 183 Å². The van der Waals surface area contributed by atoms with Gasteiger partial charge in [0.05, 0.1) is 52.9 Å². The van der Waals surface area contributed by atoms with Crippen molar-refractivity contribution in [2.24, 2.45) is 0 Å². The predicted octanol–water partition coefficient (Wildman–Crippen LogP) is 31.2. The van der Waals surface area contributed by atoms with Gasteiger partial charge in [-0.25, -0.2) is 0 Å². The summed E-state index contributed by atoms with van der Waals surface area (Å²) in [4.78, 5) is 71.1. The molecule has 0 aromatic heterocycles. The van der Waals surface area contributed by atoms with Crippen LogP contribution in [0.3, 0.4) is 0 Å². The lowest BCUT2D eigenvalue weighted by atomic mass is 10.0. The number of hydroxylamine groups is 6. The Balaban J connectivity index is 0.000000219. The third kappa shape index (κ3) is 33.4. The second-order valence-corrected chi connectivity index (χ2v) is 41.0. The van der Waals surface area contributed by atoms with Crippen molar-refractivity contribution in [2.75, 3.05) is 74.5 Å². The predicted molar refractivity (Wildman–Crippen MR) is 616 cm³/mol. The Morgan fingerprint density at radius 2 is 0.460 bits per heavy atom. The van der Waals surface area contributed by atoms with Crippen molar-refractivity contribution >= 4 is 136 Å². The van der Waals surface area contributed by atoms with Gasteiger partial charge in [0, 0.05) is 27.8 Å². The van der Waals surface area contributed by atoms with Crippen LogP contribution in [0.2, 0.25) is 0 Å². The van der Waals surface area contributed by atoms with E-state index in [0.717, 1.165) is 218 Å². The molecule has 802 valence electrons. The van der Waals surface area contributed by atoms with Gasteiger partial charge in [-0.3, -0.25) is 60.0 Å². The Morgan fingerprint density at radius 3 is 0.720 bits per heavy atom. The highest BCUT2D eigenvalue weighted by Crippen LogP contribution is 2.46. The van der Waals surface area contributed by atoms with Crippen LogP contribution in [0.1, 0.15) is 194 Å². The molecule has 32 heteroatoms. The zero-order valence-electron chi connectivity index (χ0n) is 91.2. The van der Waals surface area contributed by atoms with Gasteiger partial charge in [0.15, 0.2) is 0 Å². The number of thioether (sulfide) groups is 6. The minimum atomic E-state index is -0.501. The van der Waals surface area contributed by atoms with Crippen LogP contribution in [0.5, 0.6) is 40.2 Å². The van der Waals surface area contributed by atoms with E-state index in [9.17, 15) is 65.1 Å². The standard InChI is InChI=1S/C21H25NO3S.C20H25NO4S.C20H25NO3S.C19H23NO4S.2C19H23NO3S/c1-13-10-15(3)20(11-14(13)2)25-12-18-17(16-8-9-16)6-5-7-19(18)22(24)21(23)26-4;1-6-24-18-9-7-8-17(21(23)20(22)26-5)16(18)12-25-19-11-14(3)13(2)10-15(19)4;1-6-16-8-7-9-18(21(23)20(22)25-5)17(16)12-24-19-11-14(3)13(2)10-15(19)4;1-12-8-14(3)18(9-13(12)2)24-11-16-15(10-21)6-5-7-17(16)20(23)19(22)25-4;2*1-12-7-6-8-17(20(22)19(21)24-5)16(12)11-23-18-10-14(3)13(2)9-15(18)4/h5-7,10-11,16,24H,8-9,12H2,1-4H3;7-11,23H,6,12H2,1-5H3;7-11,23H,6,12H2,1-5H3;5-9,21,23H,10-11H2,1-4H3;2*6-10,22H,11H2,1-5H3. The van der Waals surface area contributed by atoms with E-state index in [4.69, 9.17) is 33.2 Å². The number of anilines is 6. The largest absolute Gasteiger partial charge is 0.493 e. The highest BCUT2D eigenvalue weighted by Gasteiger charge is 2.31. The van der Waals surface area contributed by atoms with Crippen molar-refractivity contribution in [3.8, 4) is 40.2 Å². The summed E-state index contributed by atoms with van der Waals surface area (Å²) in [6.45, 7) is 46.3. The summed E-state index contributed by atoms with van der Waals surface area (Å²) in [5.41, 5.74) is 32.4. The fourth-order valence-electron chi connectivity index (χ4n) is 16.1. The Hall–Kier alpha value is -12.1. The third-order valence-electron chi connectivity index (χ3n) is 25.9. The lowest BCUT2D eigenvalue weighted by molar-refractivity contribution is 0.223. The maximum absolute atomic E-state index is 12.0. The molecular formula is C118H144N6O20S6. The quantitative estimate of drug-likeness (QED) is 0.0169. The molecule has 0 atom stereocenters. The van der Waals surface area contributed by atoms with Gasteiger partial charge in [-0.2, -0.15) is 30.4 Å². The second kappa shape index (κ2) is 59.0. The summed E-state index contributed by atoms with van der Waals surface area (Å²) >= 11 is 5.70. The Kier molecular flexibility index (Phi) is 48.4. The van der Waals surface area contributed by atoms with Crippen LogP contribution in [0, 0.1) is 138 Å². The molecule has 0 bridgehead atoms. The monoisotopic (exact) mass is 2160 g/mol. The zero-order valence-corrected chi connectivity index (χ0v) is 96.1. The van der Waals surface area contributed by atoms with Crippen LogP contribution < -0.4 is 63.5 Å². The van der Waals surface area contributed by atoms with Crippen LogP contribution in [-0.4, -0.2) is 112 Å². The maximum Gasteiger partial charge on any atom is 0.309 e. The number of hydrogen-bond acceptors (Lipinski definition) is 26. The fourth-order valence-corrected chi connectivity index (χ4v) is 17.7. The van der Waals surface area contributed by atoms with E-state index in [1.54, 1.807) is 98.2 Å². The van der Waals surface area contributed by atoms with Gasteiger partial charge in [0.25, 0.3) is 0 Å². The molecule has 1 fully saturated rings. The Morgan fingerprint density at radius 1 is 0.247 bits per heavy atom. The molecule has 7 N–H and O–H groups in total. The van der Waals surface area contributed by atoms with Gasteiger partial charge in [-0.15, -0.1) is 0 Å². The highest BCUT2D eigenvalue weighted by atomic mass is 32.2. The number of amides is 6. The first-order chi connectivity index (χ1) is 71.3. The van der Waals surface area contributed by atoms with Crippen LogP contribution >= 0.6 is 70.6 Å². The SMILES string of the molecule is CCOc1cccc(N(O)C(=O)SC)c1COc1cc(C)c(C)cc1C.CCc1cccc(N(O)C(=O)SC)c1COc1cc(C)c(C)cc1C.CSC(=O)N(O)c1cccc(C)c1COc1cc(C)c(C)cc1C.CSC(=O)N(O)c1cccc(C)c1COc1cc(C)c(C)cc1C.CSC(=O)N(O)c1cccc(C2CC2)c1COc1cc(C)c(C)cc1C.CSC(=O)N(O)c1cccc(CO)c1COc1cc(C)c(C)cc1C. The Bertz CT molecular complexity index is 6480. The molecule has 0 saturated heterocycles. The maximum atomic E-state index is 12.0. The van der Waals surface area contributed by atoms with E-state index in [-0.39, 0.29) is 33.0 Å². The number of ether oxygens (including phenoxy) is 7. The molecule has 6 amide bonds. The summed E-state index contributed by atoms with van der Waals surface area (Å²) in [5.74, 6) is 5.87. The fraction of sp³-hybridized carbons (Fsp3) is 0.339. The molecule has 26 nitrogen and oxygen atoms in total. The van der Waals surface area contributed by atoms with Crippen molar-refractivity contribution in [2.45, 2.75) is 224 Å². The van der Waals surface area contributed by atoms with Crippen molar-refractivity contribution in [1.82, 2.24) is 0 Å². The molecule has 0 radical (unpaired) electrons. The first-order valence-electron chi connectivity index (χ1n) is 48.8. The van der Waals surface area contributed by atoms with Gasteiger partial charge in [0.2, 0.25) is 0 Å². The molecule has 0 unspecified atom stereocenters. The molecule has 0 spiro atoms. The number of rotatable bonds is 29. The van der Waals surface area contributed by atoms with Crippen LogP contribution in [0.4, 0.5) is 62.9 Å². The number of carbonyl (C=O) groups excluding carboxylic acids is 6. The summed E-state index contributed by atoms with van der Waals surface area (Å²) in [7, 11) is 0. The highest BCUT2D eigenvalue weighted by molar-refractivity contribution is 8.14. The van der Waals surface area contributed by atoms with Gasteiger partial charge in [-0.1, -0.05) is 181 Å². The van der Waals surface area contributed by atoms with E-state index < -0.39 is 31.4 Å². The molecule has 12 aromatic carbocycles. The average Bonchev–Trinajstić information content (AvgIpc) is 1.64. The van der Waals surface area contributed by atoms with Gasteiger partial charge < -0.3 is 38.3 Å². The van der Waals surface area contributed by atoms with Crippen LogP contribution in [0.25, 0.3) is 0 Å². The third-order valence-corrected chi connectivity index (χ3v) is 29.0. The number of carbonyl (C=O) groups is 6. The minimum Gasteiger partial charge on any atom is -0.493 e. The lowest BCUT2D eigenvalue weighted by Gasteiger charge is -2.21. The number of nitrogens with zero attached hydrogens (tertiary/aromatic N) is 6. The van der Waals surface area contributed by atoms with E-state index in [2.05, 4.69) is 90.9 Å². The number of benzene rings is 12. The lowest BCUT2D eigenvalue weighted by Crippen LogP contribution is -2.24. The molecule has 13 rings (SSSR count). The minimum absolute atomic E-state index is 0.133. The van der Waals surface area contributed by atoms with Crippen molar-refractivity contribution in [3.05, 3.63) is 343 Å².